The van der Waals surface area contributed by atoms with Gasteiger partial charge in [0.1, 0.15) is 5.69 Å². The van der Waals surface area contributed by atoms with Gasteiger partial charge >= 0.3 is 5.97 Å². The molecule has 1 rings (SSSR count). The molecular formula is C15H22N2O3. The summed E-state index contributed by atoms with van der Waals surface area (Å²) in [5, 5.41) is 11.8. The summed E-state index contributed by atoms with van der Waals surface area (Å²) in [5.41, 5.74) is -0.117. The number of carboxylic acid groups (broad SMARTS) is 1. The summed E-state index contributed by atoms with van der Waals surface area (Å²) in [6, 6.07) is 2.79. The Balaban J connectivity index is 2.86. The molecule has 1 aromatic rings. The quantitative estimate of drug-likeness (QED) is 0.887. The number of rotatable bonds is 4. The van der Waals surface area contributed by atoms with Gasteiger partial charge in [-0.1, -0.05) is 20.8 Å². The number of aromatic carboxylic acids is 1. The van der Waals surface area contributed by atoms with E-state index in [0.29, 0.717) is 5.56 Å². The largest absolute Gasteiger partial charge is 0.477 e. The highest BCUT2D eigenvalue weighted by Crippen LogP contribution is 2.27. The van der Waals surface area contributed by atoms with E-state index in [-0.39, 0.29) is 22.6 Å². The van der Waals surface area contributed by atoms with E-state index in [9.17, 15) is 9.59 Å². The number of hydrogen-bond donors (Lipinski definition) is 2. The van der Waals surface area contributed by atoms with Gasteiger partial charge in [-0.2, -0.15) is 0 Å². The van der Waals surface area contributed by atoms with Crippen molar-refractivity contribution < 1.29 is 14.7 Å². The molecule has 0 atom stereocenters. The van der Waals surface area contributed by atoms with Crippen LogP contribution in [-0.4, -0.2) is 27.5 Å². The molecule has 0 aliphatic carbocycles. The summed E-state index contributed by atoms with van der Waals surface area (Å²) < 4.78 is 0. The predicted octanol–water partition coefficient (Wildman–Crippen LogP) is 2.72. The lowest BCUT2D eigenvalue weighted by Gasteiger charge is -2.33. The average Bonchev–Trinajstić information content (AvgIpc) is 2.25. The van der Waals surface area contributed by atoms with E-state index in [1.165, 1.54) is 18.3 Å². The fourth-order valence-electron chi connectivity index (χ4n) is 2.44. The number of nitrogens with zero attached hydrogens (tertiary/aromatic N) is 1. The second-order valence-electron chi connectivity index (χ2n) is 6.81. The Kier molecular flexibility index (Phi) is 4.53. The lowest BCUT2D eigenvalue weighted by Crippen LogP contribution is -2.45. The molecule has 0 aliphatic rings. The molecule has 1 heterocycles. The Hall–Kier alpha value is -1.91. The topological polar surface area (TPSA) is 79.3 Å². The first-order valence-corrected chi connectivity index (χ1v) is 6.52. The Labute approximate surface area is 119 Å². The number of carbonyl (C=O) groups is 2. The van der Waals surface area contributed by atoms with Gasteiger partial charge in [-0.15, -0.1) is 0 Å². The number of carboxylic acids is 1. The van der Waals surface area contributed by atoms with E-state index in [1.807, 2.05) is 13.8 Å². The minimum Gasteiger partial charge on any atom is -0.477 e. The maximum Gasteiger partial charge on any atom is 0.354 e. The molecule has 0 fully saturated rings. The number of hydrogen-bond acceptors (Lipinski definition) is 3. The van der Waals surface area contributed by atoms with Crippen LogP contribution < -0.4 is 5.32 Å². The molecule has 110 valence electrons. The first-order chi connectivity index (χ1) is 9.00. The summed E-state index contributed by atoms with van der Waals surface area (Å²) in [7, 11) is 0. The van der Waals surface area contributed by atoms with Crippen LogP contribution in [0.25, 0.3) is 0 Å². The van der Waals surface area contributed by atoms with Gasteiger partial charge in [0.2, 0.25) is 0 Å². The molecular weight excluding hydrogens is 256 g/mol. The van der Waals surface area contributed by atoms with E-state index in [0.717, 1.165) is 6.42 Å². The van der Waals surface area contributed by atoms with Crippen molar-refractivity contribution in [3.8, 4) is 0 Å². The number of pyridine rings is 1. The third kappa shape index (κ3) is 4.99. The predicted molar refractivity (Wildman–Crippen MR) is 76.8 cm³/mol. The van der Waals surface area contributed by atoms with E-state index >= 15 is 0 Å². The minimum atomic E-state index is -1.14. The zero-order valence-corrected chi connectivity index (χ0v) is 12.7. The number of nitrogens with one attached hydrogen (secondary N) is 1. The van der Waals surface area contributed by atoms with Crippen molar-refractivity contribution >= 4 is 11.9 Å². The average molecular weight is 278 g/mol. The van der Waals surface area contributed by atoms with Crippen molar-refractivity contribution in [2.75, 3.05) is 0 Å². The zero-order chi connectivity index (χ0) is 15.6. The number of aromatic nitrogens is 1. The second kappa shape index (κ2) is 5.61. The van der Waals surface area contributed by atoms with Crippen molar-refractivity contribution in [1.82, 2.24) is 10.3 Å². The fourth-order valence-corrected chi connectivity index (χ4v) is 2.44. The van der Waals surface area contributed by atoms with Gasteiger partial charge in [-0.05, 0) is 37.8 Å². The molecule has 1 aromatic heterocycles. The monoisotopic (exact) mass is 278 g/mol. The van der Waals surface area contributed by atoms with Crippen molar-refractivity contribution in [2.45, 2.75) is 46.6 Å². The van der Waals surface area contributed by atoms with E-state index in [1.54, 1.807) is 0 Å². The highest BCUT2D eigenvalue weighted by Gasteiger charge is 2.27. The number of carbonyl (C=O) groups excluding carboxylic acids is 1. The summed E-state index contributed by atoms with van der Waals surface area (Å²) in [5.74, 6) is -1.43. The van der Waals surface area contributed by atoms with Crippen molar-refractivity contribution in [2.24, 2.45) is 5.41 Å². The summed E-state index contributed by atoms with van der Waals surface area (Å²) in [4.78, 5) is 26.7. The molecule has 5 heteroatoms. The van der Waals surface area contributed by atoms with Crippen LogP contribution in [0.15, 0.2) is 18.3 Å². The first kappa shape index (κ1) is 16.1. The molecule has 1 amide bonds. The molecule has 5 nitrogen and oxygen atoms in total. The molecule has 2 N–H and O–H groups in total. The Morgan fingerprint density at radius 2 is 1.85 bits per heavy atom. The van der Waals surface area contributed by atoms with Gasteiger partial charge in [-0.25, -0.2) is 9.78 Å². The zero-order valence-electron chi connectivity index (χ0n) is 12.7. The molecule has 0 saturated heterocycles. The van der Waals surface area contributed by atoms with Crippen LogP contribution in [-0.2, 0) is 0 Å². The highest BCUT2D eigenvalue weighted by atomic mass is 16.4. The lowest BCUT2D eigenvalue weighted by molar-refractivity contribution is 0.0690. The van der Waals surface area contributed by atoms with E-state index in [2.05, 4.69) is 31.1 Å². The van der Waals surface area contributed by atoms with Gasteiger partial charge < -0.3 is 10.4 Å². The van der Waals surface area contributed by atoms with Crippen LogP contribution >= 0.6 is 0 Å². The molecule has 0 spiro atoms. The standard InChI is InChI=1S/C15H22N2O3/c1-14(2,3)9-15(4,5)17-12(18)10-6-7-16-11(8-10)13(19)20/h6-8H,9H2,1-5H3,(H,17,18)(H,19,20). The van der Waals surface area contributed by atoms with Crippen LogP contribution in [0.4, 0.5) is 0 Å². The molecule has 0 aromatic carbocycles. The summed E-state index contributed by atoms with van der Waals surface area (Å²) in [6.07, 6.45) is 2.14. The summed E-state index contributed by atoms with van der Waals surface area (Å²) in [6.45, 7) is 10.2. The molecule has 0 unspecified atom stereocenters. The number of amides is 1. The van der Waals surface area contributed by atoms with Crippen LogP contribution in [0.3, 0.4) is 0 Å². The molecule has 20 heavy (non-hydrogen) atoms. The normalized spacial score (nSPS) is 12.1. The van der Waals surface area contributed by atoms with Crippen molar-refractivity contribution in [3.63, 3.8) is 0 Å². The molecule has 0 radical (unpaired) electrons. The lowest BCUT2D eigenvalue weighted by atomic mass is 9.81. The second-order valence-corrected chi connectivity index (χ2v) is 6.81. The Morgan fingerprint density at radius 1 is 1.25 bits per heavy atom. The SMILES string of the molecule is CC(C)(C)CC(C)(C)NC(=O)c1ccnc(C(=O)O)c1. The van der Waals surface area contributed by atoms with Gasteiger partial charge in [0.15, 0.2) is 0 Å². The Bertz CT molecular complexity index is 516. The van der Waals surface area contributed by atoms with E-state index < -0.39 is 5.97 Å². The maximum atomic E-state index is 12.2. The van der Waals surface area contributed by atoms with E-state index in [4.69, 9.17) is 5.11 Å². The smallest absolute Gasteiger partial charge is 0.354 e. The van der Waals surface area contributed by atoms with Crippen molar-refractivity contribution in [3.05, 3.63) is 29.6 Å². The van der Waals surface area contributed by atoms with Crippen molar-refractivity contribution in [1.29, 1.82) is 0 Å². The fraction of sp³-hybridized carbons (Fsp3) is 0.533. The first-order valence-electron chi connectivity index (χ1n) is 6.52. The van der Waals surface area contributed by atoms with Gasteiger partial charge in [0.05, 0.1) is 0 Å². The maximum absolute atomic E-state index is 12.2. The molecule has 0 saturated carbocycles. The van der Waals surface area contributed by atoms with Gasteiger partial charge in [0, 0.05) is 17.3 Å². The van der Waals surface area contributed by atoms with Gasteiger partial charge in [-0.3, -0.25) is 4.79 Å². The third-order valence-corrected chi connectivity index (χ3v) is 2.67. The third-order valence-electron chi connectivity index (χ3n) is 2.67. The van der Waals surface area contributed by atoms with Crippen LogP contribution in [0.2, 0.25) is 0 Å². The van der Waals surface area contributed by atoms with Crippen LogP contribution in [0.1, 0.15) is 61.9 Å². The van der Waals surface area contributed by atoms with Gasteiger partial charge in [0.25, 0.3) is 5.91 Å². The van der Waals surface area contributed by atoms with Crippen LogP contribution in [0.5, 0.6) is 0 Å². The summed E-state index contributed by atoms with van der Waals surface area (Å²) >= 11 is 0. The van der Waals surface area contributed by atoms with Crippen LogP contribution in [0, 0.1) is 5.41 Å². The Morgan fingerprint density at radius 3 is 2.35 bits per heavy atom. The molecule has 0 bridgehead atoms. The minimum absolute atomic E-state index is 0.0846. The highest BCUT2D eigenvalue weighted by molar-refractivity contribution is 5.96. The molecule has 0 aliphatic heterocycles.